The fourth-order valence-corrected chi connectivity index (χ4v) is 4.53. The first kappa shape index (κ1) is 15.4. The van der Waals surface area contributed by atoms with Gasteiger partial charge in [0.25, 0.3) is 10.2 Å². The van der Waals surface area contributed by atoms with E-state index in [1.54, 1.807) is 0 Å². The van der Waals surface area contributed by atoms with Crippen LogP contribution in [0.2, 0.25) is 0 Å². The molecule has 1 aliphatic heterocycles. The van der Waals surface area contributed by atoms with E-state index in [1.807, 2.05) is 12.3 Å². The Balaban J connectivity index is 1.36. The van der Waals surface area contributed by atoms with Crippen molar-refractivity contribution in [2.45, 2.75) is 56.6 Å². The van der Waals surface area contributed by atoms with E-state index < -0.39 is 10.2 Å². The van der Waals surface area contributed by atoms with Gasteiger partial charge in [0.2, 0.25) is 5.88 Å². The standard InChI is InChI=1S/C16H23N3O3S/c20-23(21,18-14-6-7-14)19-9-1-2-15(11-19)22-16-8-5-13(10-17-16)12-3-4-12/h5,8,10,12,14-15,18H,1-4,6-7,9,11H2. The van der Waals surface area contributed by atoms with E-state index in [0.29, 0.717) is 24.9 Å². The molecule has 0 bridgehead atoms. The molecule has 23 heavy (non-hydrogen) atoms. The molecule has 2 aliphatic carbocycles. The minimum absolute atomic E-state index is 0.126. The summed E-state index contributed by atoms with van der Waals surface area (Å²) < 4.78 is 34.8. The molecule has 2 heterocycles. The van der Waals surface area contributed by atoms with Gasteiger partial charge in [-0.2, -0.15) is 17.4 Å². The molecule has 6 nitrogen and oxygen atoms in total. The summed E-state index contributed by atoms with van der Waals surface area (Å²) in [7, 11) is -3.37. The second-order valence-electron chi connectivity index (χ2n) is 6.84. The van der Waals surface area contributed by atoms with E-state index in [4.69, 9.17) is 4.74 Å². The minimum atomic E-state index is -3.37. The number of hydrogen-bond donors (Lipinski definition) is 1. The van der Waals surface area contributed by atoms with Crippen molar-refractivity contribution >= 4 is 10.2 Å². The van der Waals surface area contributed by atoms with Crippen molar-refractivity contribution in [3.05, 3.63) is 23.9 Å². The highest BCUT2D eigenvalue weighted by atomic mass is 32.2. The monoisotopic (exact) mass is 337 g/mol. The van der Waals surface area contributed by atoms with Gasteiger partial charge in [-0.25, -0.2) is 4.98 Å². The van der Waals surface area contributed by atoms with Crippen LogP contribution in [0.25, 0.3) is 0 Å². The molecule has 126 valence electrons. The summed E-state index contributed by atoms with van der Waals surface area (Å²) in [5, 5.41) is 0. The van der Waals surface area contributed by atoms with Crippen LogP contribution in [0.4, 0.5) is 0 Å². The van der Waals surface area contributed by atoms with Gasteiger partial charge in [0.1, 0.15) is 6.10 Å². The topological polar surface area (TPSA) is 71.5 Å². The van der Waals surface area contributed by atoms with Gasteiger partial charge in [-0.3, -0.25) is 0 Å². The Morgan fingerprint density at radius 3 is 2.65 bits per heavy atom. The van der Waals surface area contributed by atoms with Crippen LogP contribution < -0.4 is 9.46 Å². The number of piperidine rings is 1. The molecule has 1 aromatic heterocycles. The van der Waals surface area contributed by atoms with E-state index in [0.717, 1.165) is 25.7 Å². The Morgan fingerprint density at radius 2 is 2.00 bits per heavy atom. The first-order valence-corrected chi connectivity index (χ1v) is 9.94. The van der Waals surface area contributed by atoms with Crippen molar-refractivity contribution in [1.82, 2.24) is 14.0 Å². The summed E-state index contributed by atoms with van der Waals surface area (Å²) in [5.74, 6) is 1.27. The molecule has 2 saturated carbocycles. The lowest BCUT2D eigenvalue weighted by Gasteiger charge is -2.31. The quantitative estimate of drug-likeness (QED) is 0.859. The zero-order valence-corrected chi connectivity index (χ0v) is 14.0. The first-order chi connectivity index (χ1) is 11.1. The molecule has 7 heteroatoms. The highest BCUT2D eigenvalue weighted by Crippen LogP contribution is 2.39. The lowest BCUT2D eigenvalue weighted by molar-refractivity contribution is 0.124. The summed E-state index contributed by atoms with van der Waals surface area (Å²) in [4.78, 5) is 4.37. The number of hydrogen-bond acceptors (Lipinski definition) is 4. The summed E-state index contributed by atoms with van der Waals surface area (Å²) >= 11 is 0. The Morgan fingerprint density at radius 1 is 1.17 bits per heavy atom. The summed E-state index contributed by atoms with van der Waals surface area (Å²) in [6, 6.07) is 4.12. The molecule has 3 aliphatic rings. The smallest absolute Gasteiger partial charge is 0.279 e. The Hall–Kier alpha value is -1.18. The predicted octanol–water partition coefficient (Wildman–Crippen LogP) is 1.80. The summed E-state index contributed by atoms with van der Waals surface area (Å²) in [6.07, 6.45) is 7.85. The molecule has 1 N–H and O–H groups in total. The van der Waals surface area contributed by atoms with Crippen molar-refractivity contribution in [3.63, 3.8) is 0 Å². The van der Waals surface area contributed by atoms with E-state index in [9.17, 15) is 8.42 Å². The maximum absolute atomic E-state index is 12.3. The third-order valence-corrected chi connectivity index (χ3v) is 6.31. The number of ether oxygens (including phenoxy) is 1. The van der Waals surface area contributed by atoms with Crippen LogP contribution in [0.5, 0.6) is 5.88 Å². The van der Waals surface area contributed by atoms with Crippen LogP contribution >= 0.6 is 0 Å². The van der Waals surface area contributed by atoms with Gasteiger partial charge in [0.05, 0.1) is 6.54 Å². The molecule has 0 radical (unpaired) electrons. The molecule has 1 atom stereocenters. The van der Waals surface area contributed by atoms with Gasteiger partial charge >= 0.3 is 0 Å². The number of pyridine rings is 1. The fraction of sp³-hybridized carbons (Fsp3) is 0.688. The Bertz CT molecular complexity index is 654. The zero-order chi connectivity index (χ0) is 15.9. The second-order valence-corrected chi connectivity index (χ2v) is 8.54. The van der Waals surface area contributed by atoms with Crippen LogP contribution in [-0.4, -0.2) is 42.9 Å². The molecule has 0 amide bonds. The predicted molar refractivity (Wildman–Crippen MR) is 86.5 cm³/mol. The Labute approximate surface area is 137 Å². The first-order valence-electron chi connectivity index (χ1n) is 8.50. The fourth-order valence-electron chi connectivity index (χ4n) is 3.00. The van der Waals surface area contributed by atoms with Gasteiger partial charge in [-0.15, -0.1) is 0 Å². The number of nitrogens with one attached hydrogen (secondary N) is 1. The number of aromatic nitrogens is 1. The normalized spacial score (nSPS) is 26.2. The molecule has 1 unspecified atom stereocenters. The SMILES string of the molecule is O=S(=O)(NC1CC1)N1CCCC(Oc2ccc(C3CC3)cn2)C1. The van der Waals surface area contributed by atoms with Gasteiger partial charge in [0.15, 0.2) is 0 Å². The molecule has 4 rings (SSSR count). The van der Waals surface area contributed by atoms with E-state index in [1.165, 1.54) is 22.7 Å². The third kappa shape index (κ3) is 3.84. The van der Waals surface area contributed by atoms with Gasteiger partial charge in [-0.05, 0) is 50.0 Å². The average molecular weight is 337 g/mol. The third-order valence-electron chi connectivity index (χ3n) is 4.67. The van der Waals surface area contributed by atoms with Gasteiger partial charge < -0.3 is 4.74 Å². The largest absolute Gasteiger partial charge is 0.473 e. The molecular weight excluding hydrogens is 314 g/mol. The van der Waals surface area contributed by atoms with E-state index in [-0.39, 0.29) is 12.1 Å². The second kappa shape index (κ2) is 6.03. The number of rotatable bonds is 6. The van der Waals surface area contributed by atoms with Crippen molar-refractivity contribution in [2.24, 2.45) is 0 Å². The van der Waals surface area contributed by atoms with Crippen molar-refractivity contribution in [3.8, 4) is 5.88 Å². The molecule has 0 spiro atoms. The van der Waals surface area contributed by atoms with Gasteiger partial charge in [0, 0.05) is 24.8 Å². The maximum atomic E-state index is 12.3. The molecule has 3 fully saturated rings. The van der Waals surface area contributed by atoms with E-state index >= 15 is 0 Å². The van der Waals surface area contributed by atoms with Crippen molar-refractivity contribution in [2.75, 3.05) is 13.1 Å². The molecule has 0 aromatic carbocycles. The van der Waals surface area contributed by atoms with Crippen LogP contribution in [-0.2, 0) is 10.2 Å². The molecule has 1 aromatic rings. The lowest BCUT2D eigenvalue weighted by atomic mass is 10.1. The van der Waals surface area contributed by atoms with Crippen molar-refractivity contribution in [1.29, 1.82) is 0 Å². The minimum Gasteiger partial charge on any atom is -0.473 e. The van der Waals surface area contributed by atoms with E-state index in [2.05, 4.69) is 15.8 Å². The van der Waals surface area contributed by atoms with Gasteiger partial charge in [-0.1, -0.05) is 6.07 Å². The molecule has 1 saturated heterocycles. The molecular formula is C16H23N3O3S. The summed E-state index contributed by atoms with van der Waals surface area (Å²) in [5.41, 5.74) is 1.28. The highest BCUT2D eigenvalue weighted by Gasteiger charge is 2.34. The lowest BCUT2D eigenvalue weighted by Crippen LogP contribution is -2.49. The van der Waals surface area contributed by atoms with Crippen LogP contribution in [0, 0.1) is 0 Å². The Kier molecular flexibility index (Phi) is 4.03. The van der Waals surface area contributed by atoms with Crippen LogP contribution in [0.3, 0.4) is 0 Å². The average Bonchev–Trinajstić information content (AvgIpc) is 3.42. The maximum Gasteiger partial charge on any atom is 0.279 e. The van der Waals surface area contributed by atoms with Crippen LogP contribution in [0.15, 0.2) is 18.3 Å². The zero-order valence-electron chi connectivity index (χ0n) is 13.1. The van der Waals surface area contributed by atoms with Crippen LogP contribution in [0.1, 0.15) is 50.0 Å². The van der Waals surface area contributed by atoms with Crippen molar-refractivity contribution < 1.29 is 13.2 Å². The highest BCUT2D eigenvalue weighted by molar-refractivity contribution is 7.87. The number of nitrogens with zero attached hydrogens (tertiary/aromatic N) is 2. The summed E-state index contributed by atoms with van der Waals surface area (Å²) in [6.45, 7) is 0.962.